The second-order valence-corrected chi connectivity index (χ2v) is 25.1. The van der Waals surface area contributed by atoms with Gasteiger partial charge in [0.25, 0.3) is 0 Å². The standard InChI is InChI=1S/C86H50B2F6/c89-85(90,91)75-31-11-9-29-63(75)73-49-81(87(77-33-13-25-59-41-51-17-1-5-21-55(51)45-69(59)77)78-34-14-26-60-42-52-18-2-6-22-56(52)46-70(60)78)67-39-37-66-74(64-30-10-12-32-76(64)86(92,93)94)50-82(68-40-38-65(73)83(67)84(66)68)88(79-35-15-27-61-43-53-19-3-7-23-57(53)47-71(61)79)80-36-16-28-62-44-54-20-4-8-24-58(54)48-72(62)80/h1-50H. The molecule has 0 N–H and O–H groups in total. The van der Waals surface area contributed by atoms with Crippen LogP contribution < -0.4 is 32.8 Å². The van der Waals surface area contributed by atoms with Crippen molar-refractivity contribution in [1.82, 2.24) is 0 Å². The van der Waals surface area contributed by atoms with Crippen molar-refractivity contribution in [1.29, 1.82) is 0 Å². The third-order valence-corrected chi connectivity index (χ3v) is 20.0. The zero-order chi connectivity index (χ0) is 63.1. The second-order valence-electron chi connectivity index (χ2n) is 25.1. The van der Waals surface area contributed by atoms with Crippen LogP contribution in [0.3, 0.4) is 0 Å². The minimum Gasteiger partial charge on any atom is -0.166 e. The van der Waals surface area contributed by atoms with E-state index in [1.165, 1.54) is 12.1 Å². The average Bonchev–Trinajstić information content (AvgIpc) is 0.698. The molecule has 0 radical (unpaired) electrons. The zero-order valence-corrected chi connectivity index (χ0v) is 50.3. The van der Waals surface area contributed by atoms with Crippen molar-refractivity contribution in [2.24, 2.45) is 0 Å². The molecule has 0 unspecified atom stereocenters. The van der Waals surface area contributed by atoms with E-state index in [1.807, 2.05) is 84.9 Å². The van der Waals surface area contributed by atoms with Gasteiger partial charge in [0.05, 0.1) is 11.1 Å². The molecule has 0 nitrogen and oxygen atoms in total. The molecule has 0 saturated heterocycles. The predicted octanol–water partition coefficient (Wildman–Crippen LogP) is 20.2. The highest BCUT2D eigenvalue weighted by atomic mass is 19.4. The summed E-state index contributed by atoms with van der Waals surface area (Å²) in [4.78, 5) is 0. The molecule has 94 heavy (non-hydrogen) atoms. The highest BCUT2D eigenvalue weighted by Crippen LogP contribution is 2.47. The predicted molar refractivity (Wildman–Crippen MR) is 386 cm³/mol. The summed E-state index contributed by atoms with van der Waals surface area (Å²) in [6.45, 7) is -1.27. The molecule has 0 atom stereocenters. The van der Waals surface area contributed by atoms with Gasteiger partial charge in [0.1, 0.15) is 0 Å². The molecule has 0 aliphatic heterocycles. The van der Waals surface area contributed by atoms with Crippen LogP contribution >= 0.6 is 0 Å². The van der Waals surface area contributed by atoms with Gasteiger partial charge in [-0.2, -0.15) is 26.3 Å². The number of rotatable bonds is 8. The van der Waals surface area contributed by atoms with Crippen molar-refractivity contribution in [2.45, 2.75) is 12.4 Å². The molecule has 0 heterocycles. The van der Waals surface area contributed by atoms with Crippen LogP contribution in [0.2, 0.25) is 0 Å². The maximum Gasteiger partial charge on any atom is 0.417 e. The van der Waals surface area contributed by atoms with Crippen molar-refractivity contribution >= 4 is 165 Å². The topological polar surface area (TPSA) is 0 Å². The van der Waals surface area contributed by atoms with E-state index in [0.29, 0.717) is 32.7 Å². The molecule has 0 saturated carbocycles. The fourth-order valence-electron chi connectivity index (χ4n) is 15.9. The van der Waals surface area contributed by atoms with Crippen molar-refractivity contribution in [3.8, 4) is 22.3 Å². The van der Waals surface area contributed by atoms with E-state index in [0.717, 1.165) is 142 Å². The summed E-state index contributed by atoms with van der Waals surface area (Å²) in [5, 5.41) is 20.2. The van der Waals surface area contributed by atoms with Gasteiger partial charge in [-0.05, 0) is 201 Å². The molecule has 0 amide bonds. The van der Waals surface area contributed by atoms with Crippen LogP contribution in [0.5, 0.6) is 0 Å². The first-order valence-electron chi connectivity index (χ1n) is 31.7. The summed E-state index contributed by atoms with van der Waals surface area (Å²) >= 11 is 0. The van der Waals surface area contributed by atoms with Crippen LogP contribution in [0, 0.1) is 0 Å². The minimum absolute atomic E-state index is 0.00698. The molecular formula is C86H50B2F6. The molecule has 0 aromatic heterocycles. The molecule has 8 heteroatoms. The van der Waals surface area contributed by atoms with E-state index in [-0.39, 0.29) is 11.1 Å². The smallest absolute Gasteiger partial charge is 0.166 e. The van der Waals surface area contributed by atoms with Gasteiger partial charge in [0.2, 0.25) is 13.4 Å². The van der Waals surface area contributed by atoms with Crippen molar-refractivity contribution in [2.75, 3.05) is 0 Å². The Morgan fingerprint density at radius 2 is 0.426 bits per heavy atom. The summed E-state index contributed by atoms with van der Waals surface area (Å²) in [6, 6.07) is 99.6. The molecule has 18 aromatic carbocycles. The number of halogens is 6. The van der Waals surface area contributed by atoms with Gasteiger partial charge < -0.3 is 0 Å². The average molecular weight is 1220 g/mol. The van der Waals surface area contributed by atoms with Crippen LogP contribution in [-0.4, -0.2) is 13.4 Å². The second kappa shape index (κ2) is 21.2. The van der Waals surface area contributed by atoms with Gasteiger partial charge >= 0.3 is 12.4 Å². The zero-order valence-electron chi connectivity index (χ0n) is 50.3. The van der Waals surface area contributed by atoms with E-state index in [9.17, 15) is 0 Å². The van der Waals surface area contributed by atoms with Gasteiger partial charge in [-0.15, -0.1) is 0 Å². The number of benzene rings is 18. The monoisotopic (exact) mass is 1220 g/mol. The Hall–Kier alpha value is -11.2. The van der Waals surface area contributed by atoms with Crippen LogP contribution in [-0.2, 0) is 12.4 Å². The van der Waals surface area contributed by atoms with Crippen LogP contribution in [0.1, 0.15) is 11.1 Å². The van der Waals surface area contributed by atoms with Gasteiger partial charge in [0, 0.05) is 0 Å². The summed E-state index contributed by atoms with van der Waals surface area (Å²) in [5.74, 6) is 0. The first-order valence-corrected chi connectivity index (χ1v) is 31.7. The molecule has 0 bridgehead atoms. The lowest BCUT2D eigenvalue weighted by atomic mass is 9.34. The lowest BCUT2D eigenvalue weighted by Crippen LogP contribution is -2.53. The highest BCUT2D eigenvalue weighted by Gasteiger charge is 2.38. The van der Waals surface area contributed by atoms with E-state index in [1.54, 1.807) is 24.3 Å². The number of alkyl halides is 6. The Balaban J connectivity index is 1.05. The summed E-state index contributed by atoms with van der Waals surface area (Å²) < 4.78 is 96.4. The van der Waals surface area contributed by atoms with Crippen LogP contribution in [0.25, 0.3) is 141 Å². The van der Waals surface area contributed by atoms with E-state index >= 15 is 26.3 Å². The first kappa shape index (κ1) is 55.6. The lowest BCUT2D eigenvalue weighted by molar-refractivity contribution is -0.137. The van der Waals surface area contributed by atoms with E-state index < -0.39 is 36.9 Å². The Morgan fingerprint density at radius 3 is 0.713 bits per heavy atom. The third-order valence-electron chi connectivity index (χ3n) is 20.0. The van der Waals surface area contributed by atoms with Crippen LogP contribution in [0.4, 0.5) is 26.3 Å². The molecule has 18 aromatic rings. The van der Waals surface area contributed by atoms with Gasteiger partial charge in [0.15, 0.2) is 0 Å². The molecule has 442 valence electrons. The fourth-order valence-corrected chi connectivity index (χ4v) is 15.9. The molecule has 0 aliphatic rings. The maximum absolute atomic E-state index is 16.1. The SMILES string of the molecule is FC(F)(F)c1ccccc1-c1cc(B(c2cccc3cc4ccccc4cc23)c2cccc3cc4ccccc4cc23)c2ccc3c(-c4ccccc4C(F)(F)F)cc(B(c4cccc5cc6ccccc6cc45)c4cccc5cc6ccccc6cc45)c4ccc1c2c43. The first-order chi connectivity index (χ1) is 45.9. The summed E-state index contributed by atoms with van der Waals surface area (Å²) in [6.07, 6.45) is -9.54. The maximum atomic E-state index is 16.1. The number of hydrogen-bond donors (Lipinski definition) is 0. The molecule has 0 aliphatic carbocycles. The molecular weight excluding hydrogens is 1170 g/mol. The Bertz CT molecular complexity index is 5570. The molecule has 0 fully saturated rings. The number of hydrogen-bond acceptors (Lipinski definition) is 0. The van der Waals surface area contributed by atoms with Crippen LogP contribution in [0.15, 0.2) is 303 Å². The Kier molecular flexibility index (Phi) is 12.5. The highest BCUT2D eigenvalue weighted by molar-refractivity contribution is 7.00. The summed E-state index contributed by atoms with van der Waals surface area (Å²) in [7, 11) is 0. The number of fused-ring (bicyclic) bond motifs is 8. The van der Waals surface area contributed by atoms with E-state index in [4.69, 9.17) is 0 Å². The Labute approximate surface area is 537 Å². The fraction of sp³-hybridized carbons (Fsp3) is 0.0233. The third kappa shape index (κ3) is 8.87. The minimum atomic E-state index is -4.77. The quantitative estimate of drug-likeness (QED) is 0.0616. The Morgan fingerprint density at radius 1 is 0.181 bits per heavy atom. The van der Waals surface area contributed by atoms with Crippen molar-refractivity contribution < 1.29 is 26.3 Å². The van der Waals surface area contributed by atoms with Crippen molar-refractivity contribution in [3.05, 3.63) is 314 Å². The van der Waals surface area contributed by atoms with Gasteiger partial charge in [-0.25, -0.2) is 0 Å². The normalized spacial score (nSPS) is 12.4. The molecule has 0 spiro atoms. The van der Waals surface area contributed by atoms with Gasteiger partial charge in [-0.3, -0.25) is 0 Å². The molecule has 18 rings (SSSR count). The largest absolute Gasteiger partial charge is 0.417 e. The summed E-state index contributed by atoms with van der Waals surface area (Å²) in [5.41, 5.74) is 4.37. The van der Waals surface area contributed by atoms with E-state index in [2.05, 4.69) is 170 Å². The lowest BCUT2D eigenvalue weighted by Gasteiger charge is -2.28. The van der Waals surface area contributed by atoms with Crippen molar-refractivity contribution in [3.63, 3.8) is 0 Å². The van der Waals surface area contributed by atoms with Gasteiger partial charge in [-0.1, -0.05) is 275 Å².